The third-order valence-corrected chi connectivity index (χ3v) is 2.45. The van der Waals surface area contributed by atoms with E-state index in [-0.39, 0.29) is 6.61 Å². The second-order valence-electron chi connectivity index (χ2n) is 3.42. The third kappa shape index (κ3) is 1.87. The lowest BCUT2D eigenvalue weighted by Gasteiger charge is -2.09. The van der Waals surface area contributed by atoms with Gasteiger partial charge in [0.2, 0.25) is 0 Å². The smallest absolute Gasteiger partial charge is 0.0866 e. The lowest BCUT2D eigenvalue weighted by molar-refractivity contribution is 0.263. The van der Waals surface area contributed by atoms with E-state index in [9.17, 15) is 0 Å². The van der Waals surface area contributed by atoms with Gasteiger partial charge in [-0.05, 0) is 25.4 Å². The first-order valence-corrected chi connectivity index (χ1v) is 4.59. The van der Waals surface area contributed by atoms with Crippen LogP contribution in [0.2, 0.25) is 0 Å². The summed E-state index contributed by atoms with van der Waals surface area (Å²) in [5, 5.41) is 20.0. The summed E-state index contributed by atoms with van der Waals surface area (Å²) in [6.07, 6.45) is 2.80. The van der Waals surface area contributed by atoms with E-state index in [0.717, 1.165) is 25.3 Å². The van der Waals surface area contributed by atoms with Crippen molar-refractivity contribution in [2.45, 2.75) is 19.6 Å². The fourth-order valence-electron chi connectivity index (χ4n) is 1.67. The number of aliphatic hydroxyl groups is 1. The van der Waals surface area contributed by atoms with Crippen LogP contribution in [0.15, 0.2) is 6.20 Å². The second-order valence-corrected chi connectivity index (χ2v) is 3.42. The van der Waals surface area contributed by atoms with Crippen molar-refractivity contribution in [3.8, 4) is 0 Å². The summed E-state index contributed by atoms with van der Waals surface area (Å²) in [6, 6.07) is 0. The van der Waals surface area contributed by atoms with Crippen LogP contribution in [0.25, 0.3) is 0 Å². The molecule has 0 aliphatic carbocycles. The van der Waals surface area contributed by atoms with Gasteiger partial charge in [-0.25, -0.2) is 4.68 Å². The Bertz CT molecular complexity index is 267. The Labute approximate surface area is 76.8 Å². The van der Waals surface area contributed by atoms with Crippen LogP contribution < -0.4 is 5.32 Å². The highest BCUT2D eigenvalue weighted by Gasteiger charge is 2.16. The maximum absolute atomic E-state index is 8.96. The molecule has 0 aromatic carbocycles. The number of hydrogen-bond acceptors (Lipinski definition) is 4. The van der Waals surface area contributed by atoms with Crippen molar-refractivity contribution in [2.24, 2.45) is 5.92 Å². The maximum Gasteiger partial charge on any atom is 0.0866 e. The number of hydrogen-bond donors (Lipinski definition) is 2. The minimum Gasteiger partial charge on any atom is -0.390 e. The quantitative estimate of drug-likeness (QED) is 0.654. The van der Waals surface area contributed by atoms with Gasteiger partial charge in [-0.15, -0.1) is 5.10 Å². The first kappa shape index (κ1) is 8.65. The zero-order chi connectivity index (χ0) is 9.10. The van der Waals surface area contributed by atoms with E-state index in [1.807, 2.05) is 0 Å². The normalized spacial score (nSPS) is 22.4. The Morgan fingerprint density at radius 1 is 1.69 bits per heavy atom. The molecule has 1 fully saturated rings. The zero-order valence-electron chi connectivity index (χ0n) is 7.48. The van der Waals surface area contributed by atoms with Crippen molar-refractivity contribution in [2.75, 3.05) is 13.1 Å². The molecule has 2 rings (SSSR count). The molecule has 72 valence electrons. The van der Waals surface area contributed by atoms with Crippen molar-refractivity contribution in [1.29, 1.82) is 0 Å². The summed E-state index contributed by atoms with van der Waals surface area (Å²) in [5.74, 6) is 0.631. The van der Waals surface area contributed by atoms with Gasteiger partial charge in [0.15, 0.2) is 0 Å². The Morgan fingerprint density at radius 3 is 3.31 bits per heavy atom. The minimum absolute atomic E-state index is 0.0210. The SMILES string of the molecule is OCc1cnnn1CC1CCNC1. The Hall–Kier alpha value is -0.940. The van der Waals surface area contributed by atoms with Gasteiger partial charge >= 0.3 is 0 Å². The third-order valence-electron chi connectivity index (χ3n) is 2.45. The molecule has 1 unspecified atom stereocenters. The molecule has 5 nitrogen and oxygen atoms in total. The molecular formula is C8H14N4O. The number of aromatic nitrogens is 3. The van der Waals surface area contributed by atoms with Gasteiger partial charge < -0.3 is 10.4 Å². The topological polar surface area (TPSA) is 63.0 Å². The Balaban J connectivity index is 1.99. The highest BCUT2D eigenvalue weighted by Crippen LogP contribution is 2.10. The van der Waals surface area contributed by atoms with Gasteiger partial charge in [0.1, 0.15) is 0 Å². The molecule has 0 radical (unpaired) electrons. The first-order chi connectivity index (χ1) is 6.40. The highest BCUT2D eigenvalue weighted by atomic mass is 16.3. The Kier molecular flexibility index (Phi) is 2.56. The monoisotopic (exact) mass is 182 g/mol. The van der Waals surface area contributed by atoms with Gasteiger partial charge in [0, 0.05) is 6.54 Å². The molecule has 1 atom stereocenters. The zero-order valence-corrected chi connectivity index (χ0v) is 7.48. The van der Waals surface area contributed by atoms with Crippen LogP contribution >= 0.6 is 0 Å². The van der Waals surface area contributed by atoms with E-state index >= 15 is 0 Å². The van der Waals surface area contributed by atoms with E-state index in [0.29, 0.717) is 5.92 Å². The summed E-state index contributed by atoms with van der Waals surface area (Å²) >= 11 is 0. The lowest BCUT2D eigenvalue weighted by Crippen LogP contribution is -2.17. The van der Waals surface area contributed by atoms with Crippen LogP contribution in [0.5, 0.6) is 0 Å². The molecule has 13 heavy (non-hydrogen) atoms. The van der Waals surface area contributed by atoms with Crippen LogP contribution in [-0.4, -0.2) is 33.2 Å². The predicted molar refractivity (Wildman–Crippen MR) is 46.9 cm³/mol. The molecule has 0 saturated carbocycles. The van der Waals surface area contributed by atoms with Crippen LogP contribution in [0.3, 0.4) is 0 Å². The van der Waals surface area contributed by atoms with Gasteiger partial charge in [-0.1, -0.05) is 5.21 Å². The molecule has 1 aliphatic rings. The van der Waals surface area contributed by atoms with Crippen molar-refractivity contribution in [1.82, 2.24) is 20.3 Å². The number of nitrogens with one attached hydrogen (secondary N) is 1. The average molecular weight is 182 g/mol. The number of rotatable bonds is 3. The van der Waals surface area contributed by atoms with Crippen LogP contribution in [-0.2, 0) is 13.2 Å². The minimum atomic E-state index is 0.0210. The first-order valence-electron chi connectivity index (χ1n) is 4.59. The molecule has 2 heterocycles. The fraction of sp³-hybridized carbons (Fsp3) is 0.750. The van der Waals surface area contributed by atoms with Gasteiger partial charge in [-0.2, -0.15) is 0 Å². The highest BCUT2D eigenvalue weighted by molar-refractivity contribution is 4.91. The molecule has 0 amide bonds. The van der Waals surface area contributed by atoms with E-state index in [1.165, 1.54) is 6.42 Å². The average Bonchev–Trinajstić information content (AvgIpc) is 2.76. The van der Waals surface area contributed by atoms with E-state index in [4.69, 9.17) is 5.11 Å². The summed E-state index contributed by atoms with van der Waals surface area (Å²) in [6.45, 7) is 3.02. The molecule has 1 aliphatic heterocycles. The Morgan fingerprint density at radius 2 is 2.62 bits per heavy atom. The van der Waals surface area contributed by atoms with Crippen molar-refractivity contribution in [3.05, 3.63) is 11.9 Å². The second kappa shape index (κ2) is 3.85. The standard InChI is InChI=1S/C8H14N4O/c13-6-8-4-10-11-12(8)5-7-1-2-9-3-7/h4,7,9,13H,1-3,5-6H2. The largest absolute Gasteiger partial charge is 0.390 e. The maximum atomic E-state index is 8.96. The molecule has 2 N–H and O–H groups in total. The van der Waals surface area contributed by atoms with Crippen molar-refractivity contribution < 1.29 is 5.11 Å². The summed E-state index contributed by atoms with van der Waals surface area (Å²) in [7, 11) is 0. The summed E-state index contributed by atoms with van der Waals surface area (Å²) in [5.41, 5.74) is 0.798. The fourth-order valence-corrected chi connectivity index (χ4v) is 1.67. The van der Waals surface area contributed by atoms with Crippen LogP contribution in [0.1, 0.15) is 12.1 Å². The van der Waals surface area contributed by atoms with Gasteiger partial charge in [0.05, 0.1) is 18.5 Å². The molecule has 0 spiro atoms. The molecular weight excluding hydrogens is 168 g/mol. The number of nitrogens with zero attached hydrogens (tertiary/aromatic N) is 3. The van der Waals surface area contributed by atoms with Gasteiger partial charge in [0.25, 0.3) is 0 Å². The van der Waals surface area contributed by atoms with E-state index in [1.54, 1.807) is 10.9 Å². The van der Waals surface area contributed by atoms with Gasteiger partial charge in [-0.3, -0.25) is 0 Å². The molecule has 5 heteroatoms. The van der Waals surface area contributed by atoms with Crippen molar-refractivity contribution in [3.63, 3.8) is 0 Å². The summed E-state index contributed by atoms with van der Waals surface area (Å²) in [4.78, 5) is 0. The van der Waals surface area contributed by atoms with E-state index in [2.05, 4.69) is 15.6 Å². The van der Waals surface area contributed by atoms with Crippen LogP contribution in [0, 0.1) is 5.92 Å². The predicted octanol–water partition coefficient (Wildman–Crippen LogP) is -0.620. The lowest BCUT2D eigenvalue weighted by atomic mass is 10.1. The molecule has 0 bridgehead atoms. The summed E-state index contributed by atoms with van der Waals surface area (Å²) < 4.78 is 1.79. The molecule has 1 aromatic rings. The molecule has 1 saturated heterocycles. The van der Waals surface area contributed by atoms with Crippen molar-refractivity contribution >= 4 is 0 Å². The number of aliphatic hydroxyl groups excluding tert-OH is 1. The van der Waals surface area contributed by atoms with Crippen LogP contribution in [0.4, 0.5) is 0 Å². The molecule has 1 aromatic heterocycles. The van der Waals surface area contributed by atoms with E-state index < -0.39 is 0 Å².